The van der Waals surface area contributed by atoms with Crippen molar-refractivity contribution in [2.24, 2.45) is 11.6 Å². The number of pyridine rings is 4. The van der Waals surface area contributed by atoms with Gasteiger partial charge in [-0.3, -0.25) is 67.1 Å². The van der Waals surface area contributed by atoms with Crippen LogP contribution in [0.4, 0.5) is 0 Å². The lowest BCUT2D eigenvalue weighted by Gasteiger charge is -2.17. The highest BCUT2D eigenvalue weighted by Gasteiger charge is 2.35. The maximum absolute atomic E-state index is 12.6. The van der Waals surface area contributed by atoms with Crippen molar-refractivity contribution in [1.29, 1.82) is 0 Å². The summed E-state index contributed by atoms with van der Waals surface area (Å²) in [4.78, 5) is 92.6. The standard InChI is InChI=1S/C33H28N4O3S.C27H28N4O2S.C25H26N4OS.C15H17N3OS.C11H12O.C4H6O3.H4N2O/c1-23-19-27(16-15-24(23)9-8-18-36-31(38)29-13-5-6-14-30(29)32(36)39)40-22-26-21-35-33(41-28-11-3-2-4-12-28)37(26)25-10-7-17-34-20-25;1-20-16-25(13-12-22(20)8-6-15-29-21(2)32)33-19-24-18-30-27(34-26-10-4-3-5-11-26)31(24)23-9-7-14-28-17-23;1-19-15-23(12-11-20(19)7-5-13-26)30-18-22-17-28-25(31-24-9-3-2-4-10-24)29(22)21-8-6-14-27-16-21;19-11-13-10-17-15(20-14-6-2-1-3-7-14)18(13)12-5-4-8-16-9-12;1-3-4-5-10-6-7-11(12)8-9(10)2;1-3(5)7-4(2)6;1-2-3/h3,5-7,10-11,13-17,19-21,28H,2,4,12,18,22H2,1H3;4,7,9-10,12-14,16-18,26H,3,5,11,15,19H2,1-2H3,(H,29,32);3,6,8-9,11-12,14-17,24H,2,4,10,13,18,26H2,1H3;2,4-6,8-10,14,19H,1,3,7,11H2;6-8,12H,3H2,1-2H3;1-2H3;2-3H,1H2. The van der Waals surface area contributed by atoms with Crippen LogP contribution >= 0.6 is 47.0 Å². The van der Waals surface area contributed by atoms with Gasteiger partial charge in [0.05, 0.1) is 132 Å². The van der Waals surface area contributed by atoms with E-state index in [1.807, 2.05) is 186 Å². The van der Waals surface area contributed by atoms with Crippen molar-refractivity contribution < 1.29 is 58.3 Å². The third kappa shape index (κ3) is 34.3. The first kappa shape index (κ1) is 112. The topological polar surface area (TPSA) is 385 Å². The van der Waals surface area contributed by atoms with Crippen LogP contribution in [0.2, 0.25) is 0 Å². The van der Waals surface area contributed by atoms with Crippen molar-refractivity contribution in [2.75, 3.05) is 19.6 Å². The van der Waals surface area contributed by atoms with Crippen LogP contribution in [0, 0.1) is 75.1 Å². The number of ether oxygens (including phenoxy) is 4. The van der Waals surface area contributed by atoms with Gasteiger partial charge in [0.25, 0.3) is 11.8 Å². The number of phenols is 1. The number of benzene rings is 5. The molecule has 0 saturated carbocycles. The van der Waals surface area contributed by atoms with Crippen LogP contribution in [-0.4, -0.2) is 149 Å². The van der Waals surface area contributed by atoms with Crippen LogP contribution in [0.25, 0.3) is 22.7 Å². The SMILES string of the molecule is CC(=O)NCC#Cc1ccc(OCc2cnc(SC3C=CCCC3)n2-c2cccnc2)cc1C.CC(=O)OC(C)=O.CCC#Cc1ccc(O)cc1C.Cc1cc(OCc2cnc(SC3C=CCCC3)n2-c2cccnc2)ccc1C#CCN.Cc1cc(OCc2cnc(SC3C=CCCC3)n2-c2cccnc2)ccc1C#CCN1C(=O)c2ccccc2C1=O.NNO.OCc1cnc(SC2C=CCCC2)n1-c1cccnc1. The molecule has 4 unspecified atom stereocenters. The molecule has 1 aliphatic heterocycles. The molecule has 148 heavy (non-hydrogen) atoms. The Morgan fingerprint density at radius 3 is 1.07 bits per heavy atom. The number of hydrogen-bond donors (Lipinski definition) is 7. The van der Waals surface area contributed by atoms with E-state index in [1.165, 1.54) is 82.6 Å². The molecule has 5 aromatic carbocycles. The van der Waals surface area contributed by atoms with Gasteiger partial charge < -0.3 is 45.4 Å². The van der Waals surface area contributed by atoms with E-state index in [0.717, 1.165) is 160 Å². The van der Waals surface area contributed by atoms with Crippen molar-refractivity contribution >= 4 is 76.7 Å². The van der Waals surface area contributed by atoms with Crippen LogP contribution < -0.4 is 36.7 Å². The highest BCUT2D eigenvalue weighted by atomic mass is 32.2. The van der Waals surface area contributed by atoms with E-state index in [2.05, 4.69) is 150 Å². The van der Waals surface area contributed by atoms with Gasteiger partial charge in [-0.15, -0.1) is 5.59 Å². The summed E-state index contributed by atoms with van der Waals surface area (Å²) in [6.45, 7) is 15.6. The molecular weight excluding hydrogens is 1940 g/mol. The third-order valence-corrected chi connectivity index (χ3v) is 27.6. The van der Waals surface area contributed by atoms with Crippen LogP contribution in [0.15, 0.2) is 289 Å². The summed E-state index contributed by atoms with van der Waals surface area (Å²) in [5, 5.41) is 33.9. The number of aliphatic hydroxyl groups excluding tert-OH is 1. The fraction of sp³-hybridized carbons (Fsp3) is 0.278. The Morgan fingerprint density at radius 2 is 0.770 bits per heavy atom. The van der Waals surface area contributed by atoms with Crippen LogP contribution in [0.5, 0.6) is 23.0 Å². The maximum Gasteiger partial charge on any atom is 0.310 e. The van der Waals surface area contributed by atoms with Crippen LogP contribution in [0.1, 0.15) is 199 Å². The van der Waals surface area contributed by atoms with Crippen molar-refractivity contribution in [3.8, 4) is 93.1 Å². The lowest BCUT2D eigenvalue weighted by atomic mass is 10.1. The Labute approximate surface area is 881 Å². The first-order valence-corrected chi connectivity index (χ1v) is 52.1. The molecule has 33 heteroatoms. The summed E-state index contributed by atoms with van der Waals surface area (Å²) >= 11 is 7.10. The number of allylic oxidation sites excluding steroid dienone is 4. The molecular formula is C115H121N17O12S4. The fourth-order valence-corrected chi connectivity index (χ4v) is 20.4. The molecule has 0 spiro atoms. The van der Waals surface area contributed by atoms with Crippen LogP contribution in [0.3, 0.4) is 0 Å². The van der Waals surface area contributed by atoms with Gasteiger partial charge in [-0.2, -0.15) is 0 Å². The molecule has 0 bridgehead atoms. The number of nitrogens with two attached hydrogens (primary N) is 2. The molecule has 9 heterocycles. The zero-order valence-electron chi connectivity index (χ0n) is 84.0. The molecule has 8 aromatic heterocycles. The molecule has 0 radical (unpaired) electrons. The van der Waals surface area contributed by atoms with Gasteiger partial charge in [0.2, 0.25) is 5.91 Å². The minimum atomic E-state index is -0.562. The van der Waals surface area contributed by atoms with Crippen molar-refractivity contribution in [3.05, 3.63) is 347 Å². The number of aryl methyl sites for hydroxylation is 4. The molecule has 29 nitrogen and oxygen atoms in total. The Morgan fingerprint density at radius 1 is 0.439 bits per heavy atom. The first-order chi connectivity index (χ1) is 72.1. The van der Waals surface area contributed by atoms with Gasteiger partial charge in [0.1, 0.15) is 42.8 Å². The average Bonchev–Trinajstić information content (AvgIpc) is 1.64. The third-order valence-electron chi connectivity index (χ3n) is 22.8. The first-order valence-electron chi connectivity index (χ1n) is 48.5. The summed E-state index contributed by atoms with van der Waals surface area (Å²) in [7, 11) is 0. The van der Waals surface area contributed by atoms with Gasteiger partial charge in [0.15, 0.2) is 20.6 Å². The minimum Gasteiger partial charge on any atom is -0.508 e. The molecule has 0 fully saturated rings. The number of nitrogens with one attached hydrogen (secondary N) is 2. The molecule has 762 valence electrons. The van der Waals surface area contributed by atoms with Gasteiger partial charge >= 0.3 is 11.9 Å². The monoisotopic (exact) mass is 2060 g/mol. The summed E-state index contributed by atoms with van der Waals surface area (Å²) in [6.07, 6.45) is 55.0. The molecule has 9 N–H and O–H groups in total. The number of imidazole rings is 4. The second-order valence-electron chi connectivity index (χ2n) is 34.0. The summed E-state index contributed by atoms with van der Waals surface area (Å²) in [6, 6.07) is 45.4. The molecule has 18 rings (SSSR count). The number of rotatable bonds is 24. The van der Waals surface area contributed by atoms with E-state index in [0.29, 0.717) is 70.8 Å². The number of esters is 2. The van der Waals surface area contributed by atoms with Gasteiger partial charge in [-0.1, -0.05) is 162 Å². The number of thioether (sulfide) groups is 4. The van der Waals surface area contributed by atoms with Gasteiger partial charge in [0, 0.05) is 95.2 Å². The minimum absolute atomic E-state index is 0.0248. The second-order valence-corrected chi connectivity index (χ2v) is 38.8. The van der Waals surface area contributed by atoms with E-state index in [9.17, 15) is 29.1 Å². The molecule has 5 aliphatic rings. The Hall–Kier alpha value is -15.1. The summed E-state index contributed by atoms with van der Waals surface area (Å²) < 4.78 is 30.8. The Bertz CT molecular complexity index is 6980. The Balaban J connectivity index is 0.000000167. The molecule has 3 amide bonds. The number of nitrogens with zero attached hydrogens (tertiary/aromatic N) is 13. The van der Waals surface area contributed by atoms with Crippen molar-refractivity contribution in [3.63, 3.8) is 0 Å². The number of hydrazine groups is 1. The quantitative estimate of drug-likeness (QED) is 0.00562. The number of phenolic OH excluding ortho intramolecular Hbond substituents is 1. The zero-order valence-corrected chi connectivity index (χ0v) is 87.2. The number of amides is 3. The average molecular weight is 2060 g/mol. The molecule has 13 aromatic rings. The van der Waals surface area contributed by atoms with Crippen molar-refractivity contribution in [1.82, 2.24) is 73.9 Å². The highest BCUT2D eigenvalue weighted by molar-refractivity contribution is 8.00. The highest BCUT2D eigenvalue weighted by Crippen LogP contribution is 2.38. The van der Waals surface area contributed by atoms with E-state index >= 15 is 0 Å². The summed E-state index contributed by atoms with van der Waals surface area (Å²) in [5.41, 5.74) is 22.9. The van der Waals surface area contributed by atoms with Gasteiger partial charge in [-0.05, 0) is 260 Å². The zero-order chi connectivity index (χ0) is 105. The molecule has 4 atom stereocenters. The lowest BCUT2D eigenvalue weighted by molar-refractivity contribution is -0.156. The lowest BCUT2D eigenvalue weighted by Crippen LogP contribution is -2.30. The van der Waals surface area contributed by atoms with Crippen molar-refractivity contribution in [2.45, 2.75) is 207 Å². The number of aromatic nitrogens is 12. The Kier molecular flexibility index (Phi) is 44.9. The number of carbonyl (C=O) groups is 5. The van der Waals surface area contributed by atoms with E-state index in [4.69, 9.17) is 45.2 Å². The normalized spacial score (nSPS) is 14.7. The molecule has 0 saturated heterocycles. The summed E-state index contributed by atoms with van der Waals surface area (Å²) in [5.74, 6) is 29.1. The largest absolute Gasteiger partial charge is 0.508 e. The number of aliphatic hydroxyl groups is 1. The van der Waals surface area contributed by atoms with E-state index in [-0.39, 0.29) is 30.9 Å². The number of imide groups is 1. The van der Waals surface area contributed by atoms with E-state index < -0.39 is 11.9 Å². The second kappa shape index (κ2) is 59.5. The number of carbonyl (C=O) groups excluding carboxylic acids is 5. The maximum atomic E-state index is 12.6. The number of fused-ring (bicyclic) bond motifs is 1. The predicted octanol–water partition coefficient (Wildman–Crippen LogP) is 19.9. The smallest absolute Gasteiger partial charge is 0.310 e. The number of aromatic hydroxyl groups is 1. The fourth-order valence-electron chi connectivity index (χ4n) is 15.6. The predicted molar refractivity (Wildman–Crippen MR) is 580 cm³/mol. The van der Waals surface area contributed by atoms with Crippen LogP contribution in [-0.2, 0) is 45.5 Å². The molecule has 4 aliphatic carbocycles. The van der Waals surface area contributed by atoms with E-state index in [1.54, 1.807) is 121 Å². The van der Waals surface area contributed by atoms with Gasteiger partial charge in [-0.25, -0.2) is 25.8 Å². The number of hydrogen-bond acceptors (Lipinski definition) is 27.